The van der Waals surface area contributed by atoms with Gasteiger partial charge in [0.1, 0.15) is 5.69 Å². The number of nitrogens with zero attached hydrogens (tertiary/aromatic N) is 3. The van der Waals surface area contributed by atoms with Gasteiger partial charge < -0.3 is 14.4 Å². The van der Waals surface area contributed by atoms with Crippen LogP contribution in [0.2, 0.25) is 0 Å². The van der Waals surface area contributed by atoms with Crippen LogP contribution in [0.5, 0.6) is 0 Å². The highest BCUT2D eigenvalue weighted by Gasteiger charge is 2.30. The van der Waals surface area contributed by atoms with Crippen molar-refractivity contribution in [2.75, 3.05) is 26.2 Å². The van der Waals surface area contributed by atoms with Crippen molar-refractivity contribution in [2.45, 2.75) is 25.8 Å². The zero-order chi connectivity index (χ0) is 14.3. The van der Waals surface area contributed by atoms with Gasteiger partial charge >= 0.3 is 0 Å². The van der Waals surface area contributed by atoms with E-state index in [0.717, 1.165) is 23.0 Å². The maximum atomic E-state index is 12.6. The van der Waals surface area contributed by atoms with E-state index in [1.54, 1.807) is 11.8 Å². The number of carbonyl (C=O) groups is 2. The first kappa shape index (κ1) is 13.7. The molecule has 2 heterocycles. The highest BCUT2D eigenvalue weighted by molar-refractivity contribution is 9.10. The molecule has 1 aromatic rings. The van der Waals surface area contributed by atoms with Crippen LogP contribution in [0.4, 0.5) is 0 Å². The molecule has 2 aliphatic rings. The number of amides is 2. The van der Waals surface area contributed by atoms with Crippen LogP contribution in [-0.4, -0.2) is 52.4 Å². The molecule has 0 spiro atoms. The third-order valence-corrected chi connectivity index (χ3v) is 4.42. The summed E-state index contributed by atoms with van der Waals surface area (Å²) in [5.74, 6) is 0.159. The number of rotatable bonds is 2. The smallest absolute Gasteiger partial charge is 0.270 e. The van der Waals surface area contributed by atoms with E-state index in [1.165, 1.54) is 0 Å². The molecule has 0 bridgehead atoms. The van der Waals surface area contributed by atoms with E-state index in [-0.39, 0.29) is 11.8 Å². The summed E-state index contributed by atoms with van der Waals surface area (Å²) in [6.45, 7) is 4.07. The second kappa shape index (κ2) is 5.24. The molecule has 5 nitrogen and oxygen atoms in total. The number of piperazine rings is 1. The molecule has 0 N–H and O–H groups in total. The Morgan fingerprint density at radius 3 is 2.30 bits per heavy atom. The number of halogens is 1. The Balaban J connectivity index is 1.72. The Morgan fingerprint density at radius 2 is 1.75 bits per heavy atom. The molecule has 0 unspecified atom stereocenters. The van der Waals surface area contributed by atoms with Crippen molar-refractivity contribution in [1.29, 1.82) is 0 Å². The topological polar surface area (TPSA) is 45.6 Å². The lowest BCUT2D eigenvalue weighted by Gasteiger charge is -2.34. The van der Waals surface area contributed by atoms with Gasteiger partial charge in [-0.15, -0.1) is 0 Å². The Morgan fingerprint density at radius 1 is 1.15 bits per heavy atom. The zero-order valence-corrected chi connectivity index (χ0v) is 13.1. The third kappa shape index (κ3) is 2.61. The van der Waals surface area contributed by atoms with E-state index < -0.39 is 0 Å². The first-order valence-electron chi connectivity index (χ1n) is 6.98. The summed E-state index contributed by atoms with van der Waals surface area (Å²) in [5.41, 5.74) is 0.760. The summed E-state index contributed by atoms with van der Waals surface area (Å²) in [6.07, 6.45) is 4.30. The van der Waals surface area contributed by atoms with Crippen molar-refractivity contribution in [3.8, 4) is 0 Å². The lowest BCUT2D eigenvalue weighted by molar-refractivity contribution is -0.130. The van der Waals surface area contributed by atoms with Crippen LogP contribution in [-0.2, 0) is 4.79 Å². The Kier molecular flexibility index (Phi) is 3.58. The minimum absolute atomic E-state index is 0.0748. The zero-order valence-electron chi connectivity index (χ0n) is 11.5. The molecular formula is C14H18BrN3O2. The maximum absolute atomic E-state index is 12.6. The molecule has 1 aliphatic heterocycles. The molecule has 108 valence electrons. The van der Waals surface area contributed by atoms with Crippen LogP contribution in [0.3, 0.4) is 0 Å². The van der Waals surface area contributed by atoms with Crippen molar-refractivity contribution in [3.05, 3.63) is 22.4 Å². The summed E-state index contributed by atoms with van der Waals surface area (Å²) >= 11 is 3.46. The molecule has 1 saturated carbocycles. The molecule has 0 atom stereocenters. The summed E-state index contributed by atoms with van der Waals surface area (Å²) in [7, 11) is 0. The lowest BCUT2D eigenvalue weighted by atomic mass is 10.2. The Bertz CT molecular complexity index is 543. The largest absolute Gasteiger partial charge is 0.339 e. The predicted octanol–water partition coefficient (Wildman–Crippen LogP) is 1.89. The molecule has 3 rings (SSSR count). The number of hydrogen-bond donors (Lipinski definition) is 0. The molecule has 1 saturated heterocycles. The quantitative estimate of drug-likeness (QED) is 0.825. The summed E-state index contributed by atoms with van der Waals surface area (Å²) < 4.78 is 3.04. The van der Waals surface area contributed by atoms with Crippen LogP contribution < -0.4 is 0 Å². The summed E-state index contributed by atoms with van der Waals surface area (Å²) in [6, 6.07) is 2.39. The molecule has 1 aliphatic carbocycles. The molecule has 1 aromatic heterocycles. The third-order valence-electron chi connectivity index (χ3n) is 3.99. The van der Waals surface area contributed by atoms with E-state index in [4.69, 9.17) is 0 Å². The second-order valence-electron chi connectivity index (χ2n) is 5.48. The van der Waals surface area contributed by atoms with Gasteiger partial charge in [-0.25, -0.2) is 0 Å². The van der Waals surface area contributed by atoms with Gasteiger partial charge in [0.15, 0.2) is 0 Å². The Labute approximate surface area is 126 Å². The van der Waals surface area contributed by atoms with Gasteiger partial charge in [0.25, 0.3) is 5.91 Å². The van der Waals surface area contributed by atoms with E-state index in [1.807, 2.05) is 17.2 Å². The lowest BCUT2D eigenvalue weighted by Crippen LogP contribution is -2.50. The maximum Gasteiger partial charge on any atom is 0.270 e. The van der Waals surface area contributed by atoms with Crippen LogP contribution in [0, 0.1) is 0 Å². The van der Waals surface area contributed by atoms with Crippen molar-refractivity contribution in [3.63, 3.8) is 0 Å². The standard InChI is InChI=1S/C14H18BrN3O2/c1-10(19)16-4-6-17(7-5-16)14(20)13-8-11(15)9-18(13)12-2-3-12/h8-9,12H,2-7H2,1H3. The minimum Gasteiger partial charge on any atom is -0.339 e. The molecule has 2 amide bonds. The average molecular weight is 340 g/mol. The average Bonchev–Trinajstić information content (AvgIpc) is 3.21. The summed E-state index contributed by atoms with van der Waals surface area (Å²) in [4.78, 5) is 27.6. The predicted molar refractivity (Wildman–Crippen MR) is 78.6 cm³/mol. The summed E-state index contributed by atoms with van der Waals surface area (Å²) in [5, 5.41) is 0. The van der Waals surface area contributed by atoms with E-state index in [0.29, 0.717) is 32.2 Å². The van der Waals surface area contributed by atoms with Gasteiger partial charge in [0, 0.05) is 49.8 Å². The first-order chi connectivity index (χ1) is 9.56. The van der Waals surface area contributed by atoms with Crippen molar-refractivity contribution in [1.82, 2.24) is 14.4 Å². The molecule has 20 heavy (non-hydrogen) atoms. The fourth-order valence-corrected chi connectivity index (χ4v) is 3.10. The fraction of sp³-hybridized carbons (Fsp3) is 0.571. The van der Waals surface area contributed by atoms with Gasteiger partial charge in [0.05, 0.1) is 0 Å². The fourth-order valence-electron chi connectivity index (χ4n) is 2.66. The van der Waals surface area contributed by atoms with E-state index in [2.05, 4.69) is 20.5 Å². The van der Waals surface area contributed by atoms with Crippen molar-refractivity contribution >= 4 is 27.7 Å². The highest BCUT2D eigenvalue weighted by atomic mass is 79.9. The van der Waals surface area contributed by atoms with Crippen molar-refractivity contribution in [2.24, 2.45) is 0 Å². The molecule has 0 radical (unpaired) electrons. The number of aromatic nitrogens is 1. The molecule has 0 aromatic carbocycles. The molecular weight excluding hydrogens is 322 g/mol. The van der Waals surface area contributed by atoms with Gasteiger partial charge in [-0.2, -0.15) is 0 Å². The van der Waals surface area contributed by atoms with Gasteiger partial charge in [0.2, 0.25) is 5.91 Å². The minimum atomic E-state index is 0.0748. The van der Waals surface area contributed by atoms with Crippen molar-refractivity contribution < 1.29 is 9.59 Å². The van der Waals surface area contributed by atoms with Crippen LogP contribution in [0.15, 0.2) is 16.7 Å². The molecule has 2 fully saturated rings. The van der Waals surface area contributed by atoms with E-state index >= 15 is 0 Å². The van der Waals surface area contributed by atoms with Gasteiger partial charge in [-0.1, -0.05) is 0 Å². The second-order valence-corrected chi connectivity index (χ2v) is 6.40. The van der Waals surface area contributed by atoms with Crippen LogP contribution in [0.1, 0.15) is 36.3 Å². The van der Waals surface area contributed by atoms with Crippen LogP contribution >= 0.6 is 15.9 Å². The monoisotopic (exact) mass is 339 g/mol. The highest BCUT2D eigenvalue weighted by Crippen LogP contribution is 2.37. The Hall–Kier alpha value is -1.30. The van der Waals surface area contributed by atoms with Gasteiger partial charge in [-0.3, -0.25) is 9.59 Å². The van der Waals surface area contributed by atoms with Crippen LogP contribution in [0.25, 0.3) is 0 Å². The SMILES string of the molecule is CC(=O)N1CCN(C(=O)c2cc(Br)cn2C2CC2)CC1. The first-order valence-corrected chi connectivity index (χ1v) is 7.77. The normalized spacial score (nSPS) is 19.3. The van der Waals surface area contributed by atoms with Gasteiger partial charge in [-0.05, 0) is 34.8 Å². The van der Waals surface area contributed by atoms with E-state index in [9.17, 15) is 9.59 Å². The molecule has 6 heteroatoms. The number of hydrogen-bond acceptors (Lipinski definition) is 2. The number of carbonyl (C=O) groups excluding carboxylic acids is 2.